The Balaban J connectivity index is 0.00000529. The third-order valence-electron chi connectivity index (χ3n) is 3.15. The van der Waals surface area contributed by atoms with Gasteiger partial charge in [0.1, 0.15) is 0 Å². The largest absolute Gasteiger partial charge is 0.493 e. The van der Waals surface area contributed by atoms with Crippen LogP contribution in [0.4, 0.5) is 0 Å². The number of halogens is 1. The molecule has 0 aliphatic heterocycles. The van der Waals surface area contributed by atoms with Crippen molar-refractivity contribution in [1.82, 2.24) is 10.6 Å². The lowest BCUT2D eigenvalue weighted by Gasteiger charge is -2.13. The number of guanidine groups is 1. The number of methoxy groups -OCH3 is 2. The van der Waals surface area contributed by atoms with E-state index in [1.165, 1.54) is 5.56 Å². The number of hydrogen-bond acceptors (Lipinski definition) is 4. The average molecular weight is 465 g/mol. The van der Waals surface area contributed by atoms with E-state index in [1.54, 1.807) is 21.3 Å². The molecule has 24 heavy (non-hydrogen) atoms. The van der Waals surface area contributed by atoms with E-state index in [0.29, 0.717) is 0 Å². The van der Waals surface area contributed by atoms with Crippen LogP contribution in [0.2, 0.25) is 0 Å². The maximum Gasteiger partial charge on any atom is 0.191 e. The Bertz CT molecular complexity index is 513. The first-order chi connectivity index (χ1) is 11.2. The second-order valence-electron chi connectivity index (χ2n) is 4.73. The van der Waals surface area contributed by atoms with Crippen molar-refractivity contribution in [2.45, 2.75) is 6.42 Å². The summed E-state index contributed by atoms with van der Waals surface area (Å²) in [6.45, 7) is 5.39. The smallest absolute Gasteiger partial charge is 0.191 e. The van der Waals surface area contributed by atoms with Crippen molar-refractivity contribution in [3.8, 4) is 11.5 Å². The van der Waals surface area contributed by atoms with Crippen LogP contribution >= 0.6 is 35.7 Å². The molecule has 1 aromatic carbocycles. The fraction of sp³-hybridized carbons (Fsp3) is 0.471. The minimum absolute atomic E-state index is 0. The molecule has 5 nitrogen and oxygen atoms in total. The highest BCUT2D eigenvalue weighted by Crippen LogP contribution is 2.27. The second-order valence-corrected chi connectivity index (χ2v) is 5.88. The third-order valence-corrected chi connectivity index (χ3v) is 4.12. The topological polar surface area (TPSA) is 54.9 Å². The van der Waals surface area contributed by atoms with Crippen molar-refractivity contribution < 1.29 is 9.47 Å². The van der Waals surface area contributed by atoms with Crippen LogP contribution in [-0.2, 0) is 6.42 Å². The average Bonchev–Trinajstić information content (AvgIpc) is 2.59. The number of nitrogens with zero attached hydrogens (tertiary/aromatic N) is 1. The number of ether oxygens (including phenoxy) is 2. The lowest BCUT2D eigenvalue weighted by Crippen LogP contribution is -2.39. The van der Waals surface area contributed by atoms with Gasteiger partial charge in [0.2, 0.25) is 0 Å². The van der Waals surface area contributed by atoms with Crippen LogP contribution in [0, 0.1) is 0 Å². The molecular formula is C17H28IN3O2S. The molecular weight excluding hydrogens is 437 g/mol. The van der Waals surface area contributed by atoms with Crippen molar-refractivity contribution in [3.05, 3.63) is 36.4 Å². The molecule has 0 amide bonds. The predicted molar refractivity (Wildman–Crippen MR) is 116 cm³/mol. The van der Waals surface area contributed by atoms with Crippen LogP contribution in [0.1, 0.15) is 5.56 Å². The summed E-state index contributed by atoms with van der Waals surface area (Å²) in [5.74, 6) is 4.34. The summed E-state index contributed by atoms with van der Waals surface area (Å²) in [5.41, 5.74) is 1.19. The molecule has 0 spiro atoms. The zero-order valence-electron chi connectivity index (χ0n) is 14.6. The minimum Gasteiger partial charge on any atom is -0.493 e. The second kappa shape index (κ2) is 14.3. The van der Waals surface area contributed by atoms with Gasteiger partial charge in [0.15, 0.2) is 17.5 Å². The van der Waals surface area contributed by atoms with Crippen molar-refractivity contribution >= 4 is 41.7 Å². The maximum absolute atomic E-state index is 5.32. The van der Waals surface area contributed by atoms with Gasteiger partial charge in [-0.25, -0.2) is 0 Å². The predicted octanol–water partition coefficient (Wildman–Crippen LogP) is 2.95. The summed E-state index contributed by atoms with van der Waals surface area (Å²) in [7, 11) is 5.07. The third kappa shape index (κ3) is 8.68. The first kappa shape index (κ1) is 22.9. The molecule has 0 fully saturated rings. The Morgan fingerprint density at radius 3 is 2.54 bits per heavy atom. The highest BCUT2D eigenvalue weighted by molar-refractivity contribution is 14.0. The molecule has 0 aliphatic rings. The standard InChI is InChI=1S/C17H27N3O2S.HI/c1-5-11-23-12-10-20-17(18-2)19-9-8-14-6-7-15(21-3)16(13-14)22-4;/h5-7,13H,1,8-12H2,2-4H3,(H2,18,19,20);1H. The summed E-state index contributed by atoms with van der Waals surface area (Å²) in [4.78, 5) is 4.22. The van der Waals surface area contributed by atoms with Crippen LogP contribution in [0.15, 0.2) is 35.8 Å². The Hall–Kier alpha value is -1.09. The number of hydrogen-bond donors (Lipinski definition) is 2. The molecule has 7 heteroatoms. The van der Waals surface area contributed by atoms with Gasteiger partial charge in [0, 0.05) is 31.6 Å². The van der Waals surface area contributed by atoms with Gasteiger partial charge in [-0.05, 0) is 24.1 Å². The van der Waals surface area contributed by atoms with Gasteiger partial charge in [0.05, 0.1) is 14.2 Å². The molecule has 0 radical (unpaired) electrons. The normalized spacial score (nSPS) is 10.5. The zero-order valence-corrected chi connectivity index (χ0v) is 17.8. The highest BCUT2D eigenvalue weighted by atomic mass is 127. The molecule has 0 atom stereocenters. The number of aliphatic imine (C=N–C) groups is 1. The first-order valence-electron chi connectivity index (χ1n) is 7.59. The Kier molecular flexibility index (Phi) is 13.6. The van der Waals surface area contributed by atoms with E-state index in [9.17, 15) is 0 Å². The van der Waals surface area contributed by atoms with Crippen LogP contribution in [0.5, 0.6) is 11.5 Å². The Morgan fingerprint density at radius 2 is 1.92 bits per heavy atom. The van der Waals surface area contributed by atoms with E-state index in [0.717, 1.165) is 48.5 Å². The van der Waals surface area contributed by atoms with Crippen LogP contribution in [0.25, 0.3) is 0 Å². The summed E-state index contributed by atoms with van der Waals surface area (Å²) >= 11 is 1.84. The van der Waals surface area contributed by atoms with Gasteiger partial charge in [-0.3, -0.25) is 4.99 Å². The lowest BCUT2D eigenvalue weighted by atomic mass is 10.1. The zero-order chi connectivity index (χ0) is 16.9. The van der Waals surface area contributed by atoms with E-state index in [4.69, 9.17) is 9.47 Å². The highest BCUT2D eigenvalue weighted by Gasteiger charge is 2.04. The van der Waals surface area contributed by atoms with Crippen LogP contribution in [0.3, 0.4) is 0 Å². The van der Waals surface area contributed by atoms with Crippen molar-refractivity contribution in [3.63, 3.8) is 0 Å². The number of thioether (sulfide) groups is 1. The molecule has 0 aliphatic carbocycles. The van der Waals surface area contributed by atoms with E-state index in [-0.39, 0.29) is 24.0 Å². The minimum atomic E-state index is 0. The van der Waals surface area contributed by atoms with Crippen molar-refractivity contribution in [2.24, 2.45) is 4.99 Å². The fourth-order valence-corrected chi connectivity index (χ4v) is 2.57. The molecule has 0 saturated carbocycles. The summed E-state index contributed by atoms with van der Waals surface area (Å²) < 4.78 is 10.6. The fourth-order valence-electron chi connectivity index (χ4n) is 1.99. The molecule has 1 rings (SSSR count). The van der Waals surface area contributed by atoms with E-state index in [2.05, 4.69) is 22.2 Å². The molecule has 0 heterocycles. The van der Waals surface area contributed by atoms with E-state index < -0.39 is 0 Å². The first-order valence-corrected chi connectivity index (χ1v) is 8.74. The molecule has 0 unspecified atom stereocenters. The molecule has 0 bridgehead atoms. The molecule has 0 aromatic heterocycles. The maximum atomic E-state index is 5.32. The number of benzene rings is 1. The van der Waals surface area contributed by atoms with Gasteiger partial charge in [-0.1, -0.05) is 12.1 Å². The summed E-state index contributed by atoms with van der Waals surface area (Å²) in [6.07, 6.45) is 2.80. The van der Waals surface area contributed by atoms with Crippen molar-refractivity contribution in [2.75, 3.05) is 45.9 Å². The number of nitrogens with one attached hydrogen (secondary N) is 2. The summed E-state index contributed by atoms with van der Waals surface area (Å²) in [6, 6.07) is 5.98. The van der Waals surface area contributed by atoms with E-state index >= 15 is 0 Å². The van der Waals surface area contributed by atoms with Gasteiger partial charge in [-0.15, -0.1) is 30.6 Å². The van der Waals surface area contributed by atoms with Crippen molar-refractivity contribution in [1.29, 1.82) is 0 Å². The van der Waals surface area contributed by atoms with Crippen LogP contribution in [-0.4, -0.2) is 51.8 Å². The van der Waals surface area contributed by atoms with Crippen LogP contribution < -0.4 is 20.1 Å². The quantitative estimate of drug-likeness (QED) is 0.183. The summed E-state index contributed by atoms with van der Waals surface area (Å²) in [5, 5.41) is 6.61. The van der Waals surface area contributed by atoms with Gasteiger partial charge in [-0.2, -0.15) is 11.8 Å². The van der Waals surface area contributed by atoms with Gasteiger partial charge < -0.3 is 20.1 Å². The molecule has 2 N–H and O–H groups in total. The van der Waals surface area contributed by atoms with Gasteiger partial charge in [0.25, 0.3) is 0 Å². The SMILES string of the molecule is C=CCSCCNC(=NC)NCCc1ccc(OC)c(OC)c1.I. The Labute approximate surface area is 166 Å². The molecule has 1 aromatic rings. The number of rotatable bonds is 10. The monoisotopic (exact) mass is 465 g/mol. The molecule has 136 valence electrons. The Morgan fingerprint density at radius 1 is 1.21 bits per heavy atom. The molecule has 0 saturated heterocycles. The van der Waals surface area contributed by atoms with E-state index in [1.807, 2.05) is 36.0 Å². The van der Waals surface area contributed by atoms with Gasteiger partial charge >= 0.3 is 0 Å². The lowest BCUT2D eigenvalue weighted by molar-refractivity contribution is 0.354.